The van der Waals surface area contributed by atoms with Gasteiger partial charge in [-0.1, -0.05) is 45.0 Å². The summed E-state index contributed by atoms with van der Waals surface area (Å²) in [4.78, 5) is 11.5. The molecule has 1 rings (SSSR count). The third-order valence-corrected chi connectivity index (χ3v) is 3.12. The van der Waals surface area contributed by atoms with Gasteiger partial charge in [0.1, 0.15) is 5.78 Å². The summed E-state index contributed by atoms with van der Waals surface area (Å²) in [7, 11) is 0. The van der Waals surface area contributed by atoms with Crippen LogP contribution in [-0.4, -0.2) is 5.78 Å². The number of carbonyl (C=O) groups excluding carboxylic acids is 1. The molecule has 0 bridgehead atoms. The monoisotopic (exact) mass is 232 g/mol. The van der Waals surface area contributed by atoms with Crippen molar-refractivity contribution in [2.75, 3.05) is 0 Å². The molecule has 94 valence electrons. The van der Waals surface area contributed by atoms with E-state index in [9.17, 15) is 4.79 Å². The molecule has 0 aliphatic carbocycles. The van der Waals surface area contributed by atoms with Gasteiger partial charge in [0, 0.05) is 12.8 Å². The normalized spacial score (nSPS) is 12.4. The maximum absolute atomic E-state index is 11.5. The number of benzene rings is 1. The number of Topliss-reactive ketones (excluding diaryl/α,β-unsaturated/α-hetero) is 1. The lowest BCUT2D eigenvalue weighted by molar-refractivity contribution is -0.119. The van der Waals surface area contributed by atoms with Crippen LogP contribution < -0.4 is 0 Å². The van der Waals surface area contributed by atoms with Crippen molar-refractivity contribution in [3.05, 3.63) is 35.4 Å². The van der Waals surface area contributed by atoms with Crippen LogP contribution in [0.15, 0.2) is 24.3 Å². The van der Waals surface area contributed by atoms with E-state index >= 15 is 0 Å². The molecular weight excluding hydrogens is 208 g/mol. The van der Waals surface area contributed by atoms with E-state index in [1.54, 1.807) is 0 Å². The van der Waals surface area contributed by atoms with Gasteiger partial charge in [0.25, 0.3) is 0 Å². The first-order valence-electron chi connectivity index (χ1n) is 6.75. The molecule has 1 unspecified atom stereocenters. The number of hydrogen-bond donors (Lipinski definition) is 0. The van der Waals surface area contributed by atoms with Crippen molar-refractivity contribution in [3.8, 4) is 0 Å². The Balaban J connectivity index is 2.44. The Bertz CT molecular complexity index is 337. The fourth-order valence-corrected chi connectivity index (χ4v) is 2.16. The standard InChI is InChI=1S/C16H24O/c1-4-6-16(17)12-13(3)11-15-9-7-14(5-2)8-10-15/h7-10,13H,4-6,11-12H2,1-3H3. The van der Waals surface area contributed by atoms with Gasteiger partial charge >= 0.3 is 0 Å². The Kier molecular flexibility index (Phi) is 5.96. The van der Waals surface area contributed by atoms with Crippen LogP contribution in [0.25, 0.3) is 0 Å². The average Bonchev–Trinajstić information content (AvgIpc) is 2.30. The van der Waals surface area contributed by atoms with Gasteiger partial charge in [0.15, 0.2) is 0 Å². The van der Waals surface area contributed by atoms with Gasteiger partial charge in [-0.15, -0.1) is 0 Å². The molecule has 1 heteroatoms. The van der Waals surface area contributed by atoms with Crippen LogP contribution in [0.3, 0.4) is 0 Å². The minimum absolute atomic E-state index is 0.408. The van der Waals surface area contributed by atoms with E-state index in [0.717, 1.165) is 32.1 Å². The Hall–Kier alpha value is -1.11. The van der Waals surface area contributed by atoms with Crippen molar-refractivity contribution in [1.29, 1.82) is 0 Å². The molecule has 0 spiro atoms. The molecular formula is C16H24O. The molecule has 1 atom stereocenters. The van der Waals surface area contributed by atoms with E-state index in [1.807, 2.05) is 0 Å². The van der Waals surface area contributed by atoms with Gasteiger partial charge in [-0.2, -0.15) is 0 Å². The molecule has 0 aliphatic heterocycles. The summed E-state index contributed by atoms with van der Waals surface area (Å²) < 4.78 is 0. The van der Waals surface area contributed by atoms with Gasteiger partial charge in [-0.3, -0.25) is 4.79 Å². The highest BCUT2D eigenvalue weighted by Gasteiger charge is 2.09. The summed E-state index contributed by atoms with van der Waals surface area (Å²) in [5.41, 5.74) is 2.72. The first-order valence-corrected chi connectivity index (χ1v) is 6.75. The molecule has 0 fully saturated rings. The summed E-state index contributed by atoms with van der Waals surface area (Å²) in [6.45, 7) is 6.40. The van der Waals surface area contributed by atoms with Crippen LogP contribution in [0.4, 0.5) is 0 Å². The lowest BCUT2D eigenvalue weighted by Gasteiger charge is -2.10. The zero-order valence-electron chi connectivity index (χ0n) is 11.3. The maximum Gasteiger partial charge on any atom is 0.133 e. The molecule has 1 aromatic rings. The molecule has 1 aromatic carbocycles. The second-order valence-electron chi connectivity index (χ2n) is 4.97. The highest BCUT2D eigenvalue weighted by Crippen LogP contribution is 2.14. The molecule has 0 saturated heterocycles. The molecule has 17 heavy (non-hydrogen) atoms. The second kappa shape index (κ2) is 7.26. The summed E-state index contributed by atoms with van der Waals surface area (Å²) >= 11 is 0. The van der Waals surface area contributed by atoms with Crippen molar-refractivity contribution in [2.24, 2.45) is 5.92 Å². The van der Waals surface area contributed by atoms with Gasteiger partial charge < -0.3 is 0 Å². The molecule has 0 amide bonds. The largest absolute Gasteiger partial charge is 0.300 e. The highest BCUT2D eigenvalue weighted by atomic mass is 16.1. The lowest BCUT2D eigenvalue weighted by Crippen LogP contribution is -2.07. The number of ketones is 1. The van der Waals surface area contributed by atoms with E-state index in [4.69, 9.17) is 0 Å². The minimum atomic E-state index is 0.408. The van der Waals surface area contributed by atoms with Gasteiger partial charge in [-0.05, 0) is 36.3 Å². The Morgan fingerprint density at radius 1 is 1.12 bits per heavy atom. The quantitative estimate of drug-likeness (QED) is 0.689. The Morgan fingerprint density at radius 3 is 2.24 bits per heavy atom. The summed E-state index contributed by atoms with van der Waals surface area (Å²) in [6, 6.07) is 8.77. The van der Waals surface area contributed by atoms with Crippen molar-refractivity contribution >= 4 is 5.78 Å². The number of aryl methyl sites for hydroxylation is 1. The summed E-state index contributed by atoms with van der Waals surface area (Å²) in [6.07, 6.45) is 4.53. The van der Waals surface area contributed by atoms with E-state index < -0.39 is 0 Å². The van der Waals surface area contributed by atoms with Crippen LogP contribution in [-0.2, 0) is 17.6 Å². The zero-order chi connectivity index (χ0) is 12.7. The van der Waals surface area contributed by atoms with Gasteiger partial charge in [0.05, 0.1) is 0 Å². The molecule has 0 heterocycles. The van der Waals surface area contributed by atoms with Crippen molar-refractivity contribution in [2.45, 2.75) is 52.9 Å². The molecule has 0 aliphatic rings. The van der Waals surface area contributed by atoms with Crippen LogP contribution in [0, 0.1) is 5.92 Å². The smallest absolute Gasteiger partial charge is 0.133 e. The van der Waals surface area contributed by atoms with Crippen LogP contribution in [0.2, 0.25) is 0 Å². The fraction of sp³-hybridized carbons (Fsp3) is 0.562. The van der Waals surface area contributed by atoms with E-state index in [0.29, 0.717) is 11.7 Å². The second-order valence-corrected chi connectivity index (χ2v) is 4.97. The average molecular weight is 232 g/mol. The number of rotatable bonds is 7. The first-order chi connectivity index (χ1) is 8.15. The lowest BCUT2D eigenvalue weighted by atomic mass is 9.94. The van der Waals surface area contributed by atoms with Crippen LogP contribution in [0.5, 0.6) is 0 Å². The topological polar surface area (TPSA) is 17.1 Å². The highest BCUT2D eigenvalue weighted by molar-refractivity contribution is 5.78. The van der Waals surface area contributed by atoms with Crippen LogP contribution in [0.1, 0.15) is 51.2 Å². The third-order valence-electron chi connectivity index (χ3n) is 3.12. The van der Waals surface area contributed by atoms with Gasteiger partial charge in [0.2, 0.25) is 0 Å². The predicted molar refractivity (Wildman–Crippen MR) is 73.2 cm³/mol. The van der Waals surface area contributed by atoms with Gasteiger partial charge in [-0.25, -0.2) is 0 Å². The number of carbonyl (C=O) groups is 1. The maximum atomic E-state index is 11.5. The fourth-order valence-electron chi connectivity index (χ4n) is 2.16. The van der Waals surface area contributed by atoms with Crippen molar-refractivity contribution in [3.63, 3.8) is 0 Å². The Morgan fingerprint density at radius 2 is 1.71 bits per heavy atom. The third kappa shape index (κ3) is 5.16. The Labute approximate surface area is 105 Å². The molecule has 0 saturated carbocycles. The predicted octanol–water partition coefficient (Wildman–Crippen LogP) is 4.19. The molecule has 1 nitrogen and oxygen atoms in total. The summed E-state index contributed by atoms with van der Waals surface area (Å²) in [5, 5.41) is 0. The van der Waals surface area contributed by atoms with E-state index in [2.05, 4.69) is 45.0 Å². The van der Waals surface area contributed by atoms with E-state index in [-0.39, 0.29) is 0 Å². The SMILES string of the molecule is CCCC(=O)CC(C)Cc1ccc(CC)cc1. The van der Waals surface area contributed by atoms with Crippen molar-refractivity contribution in [1.82, 2.24) is 0 Å². The van der Waals surface area contributed by atoms with Crippen LogP contribution >= 0.6 is 0 Å². The molecule has 0 radical (unpaired) electrons. The summed E-state index contributed by atoms with van der Waals surface area (Å²) in [5.74, 6) is 0.867. The zero-order valence-corrected chi connectivity index (χ0v) is 11.3. The molecule has 0 N–H and O–H groups in total. The number of hydrogen-bond acceptors (Lipinski definition) is 1. The molecule has 0 aromatic heterocycles. The minimum Gasteiger partial charge on any atom is -0.300 e. The van der Waals surface area contributed by atoms with E-state index in [1.165, 1.54) is 11.1 Å². The van der Waals surface area contributed by atoms with Crippen molar-refractivity contribution < 1.29 is 4.79 Å². The first kappa shape index (κ1) is 14.0.